The van der Waals surface area contributed by atoms with E-state index < -0.39 is 12.2 Å². The minimum atomic E-state index is -0.630. The second-order valence-corrected chi connectivity index (χ2v) is 9.10. The Labute approximate surface area is 215 Å². The average Bonchev–Trinajstić information content (AvgIpc) is 3.24. The summed E-state index contributed by atoms with van der Waals surface area (Å²) in [6.45, 7) is 5.74. The van der Waals surface area contributed by atoms with Crippen LogP contribution in [0.4, 0.5) is 10.5 Å². The monoisotopic (exact) mass is 508 g/mol. The van der Waals surface area contributed by atoms with E-state index in [1.807, 2.05) is 49.4 Å². The first-order valence-corrected chi connectivity index (χ1v) is 12.4. The zero-order chi connectivity index (χ0) is 25.7. The molecule has 2 unspecified atom stereocenters. The number of carbonyl (C=O) groups excluding carboxylic acids is 2. The number of anilines is 1. The van der Waals surface area contributed by atoms with Crippen LogP contribution in [0.5, 0.6) is 0 Å². The molecule has 7 nitrogen and oxygen atoms in total. The van der Waals surface area contributed by atoms with Gasteiger partial charge in [0.2, 0.25) is 0 Å². The van der Waals surface area contributed by atoms with Crippen molar-refractivity contribution < 1.29 is 23.6 Å². The van der Waals surface area contributed by atoms with Crippen molar-refractivity contribution in [2.45, 2.75) is 46.1 Å². The third kappa shape index (κ3) is 5.79. The van der Waals surface area contributed by atoms with Gasteiger partial charge in [-0.1, -0.05) is 65.3 Å². The van der Waals surface area contributed by atoms with Crippen molar-refractivity contribution in [2.75, 3.05) is 11.9 Å². The van der Waals surface area contributed by atoms with E-state index in [0.717, 1.165) is 29.5 Å². The lowest BCUT2D eigenvalue weighted by Crippen LogP contribution is -2.19. The van der Waals surface area contributed by atoms with Gasteiger partial charge in [-0.25, -0.2) is 4.79 Å². The number of ether oxygens (including phenoxy) is 2. The predicted octanol–water partition coefficient (Wildman–Crippen LogP) is 7.36. The summed E-state index contributed by atoms with van der Waals surface area (Å²) in [5, 5.41) is 7.33. The Kier molecular flexibility index (Phi) is 8.10. The second kappa shape index (κ2) is 11.4. The van der Waals surface area contributed by atoms with E-state index in [0.29, 0.717) is 35.2 Å². The smallest absolute Gasteiger partial charge is 0.412 e. The second-order valence-electron chi connectivity index (χ2n) is 8.70. The molecule has 0 saturated heterocycles. The molecule has 1 aliphatic rings. The van der Waals surface area contributed by atoms with E-state index in [1.165, 1.54) is 5.57 Å². The van der Waals surface area contributed by atoms with Gasteiger partial charge in [-0.15, -0.1) is 0 Å². The van der Waals surface area contributed by atoms with Gasteiger partial charge in [-0.2, -0.15) is 0 Å². The van der Waals surface area contributed by atoms with E-state index in [2.05, 4.69) is 16.5 Å². The summed E-state index contributed by atoms with van der Waals surface area (Å²) in [6, 6.07) is 15.1. The molecule has 0 aliphatic heterocycles. The summed E-state index contributed by atoms with van der Waals surface area (Å²) in [5.41, 5.74) is 4.77. The maximum absolute atomic E-state index is 12.6. The fraction of sp³-hybridized carbons (Fsp3) is 0.321. The number of nitrogens with one attached hydrogen (secondary N) is 1. The first-order chi connectivity index (χ1) is 17.4. The molecule has 3 aromatic rings. The van der Waals surface area contributed by atoms with Crippen LogP contribution < -0.4 is 5.32 Å². The van der Waals surface area contributed by atoms with E-state index >= 15 is 0 Å². The quantitative estimate of drug-likeness (QED) is 0.335. The van der Waals surface area contributed by atoms with Crippen molar-refractivity contribution >= 4 is 34.9 Å². The minimum absolute atomic E-state index is 0.0702. The number of hydrogen-bond acceptors (Lipinski definition) is 6. The number of aryl methyl sites for hydroxylation is 1. The van der Waals surface area contributed by atoms with Gasteiger partial charge in [0, 0.05) is 16.1 Å². The summed E-state index contributed by atoms with van der Waals surface area (Å²) in [6.07, 6.45) is 3.22. The zero-order valence-electron chi connectivity index (χ0n) is 20.5. The van der Waals surface area contributed by atoms with Crippen LogP contribution in [0.25, 0.3) is 16.9 Å². The van der Waals surface area contributed by atoms with Crippen LogP contribution >= 0.6 is 11.6 Å². The number of benzene rings is 2. The summed E-state index contributed by atoms with van der Waals surface area (Å²) in [4.78, 5) is 24.6. The number of aromatic nitrogens is 1. The Hall–Kier alpha value is -3.58. The lowest BCUT2D eigenvalue weighted by Gasteiger charge is -2.20. The van der Waals surface area contributed by atoms with Gasteiger partial charge >= 0.3 is 12.1 Å². The molecule has 0 fully saturated rings. The molecule has 36 heavy (non-hydrogen) atoms. The number of hydrogen-bond donors (Lipinski definition) is 1. The van der Waals surface area contributed by atoms with Gasteiger partial charge in [0.25, 0.3) is 0 Å². The normalized spacial score (nSPS) is 16.1. The molecule has 188 valence electrons. The maximum Gasteiger partial charge on any atom is 0.412 e. The third-order valence-corrected chi connectivity index (χ3v) is 6.61. The summed E-state index contributed by atoms with van der Waals surface area (Å²) in [7, 11) is 0. The molecular weight excluding hydrogens is 480 g/mol. The van der Waals surface area contributed by atoms with Crippen LogP contribution in [-0.4, -0.2) is 23.8 Å². The zero-order valence-corrected chi connectivity index (χ0v) is 21.3. The van der Waals surface area contributed by atoms with Crippen LogP contribution in [0.3, 0.4) is 0 Å². The van der Waals surface area contributed by atoms with Gasteiger partial charge in [0.15, 0.2) is 5.76 Å². The first kappa shape index (κ1) is 25.5. The molecule has 1 N–H and O–H groups in total. The van der Waals surface area contributed by atoms with Crippen LogP contribution in [-0.2, 0) is 14.3 Å². The molecule has 1 aromatic heterocycles. The maximum atomic E-state index is 12.6. The summed E-state index contributed by atoms with van der Waals surface area (Å²) in [5.74, 6) is 0.254. The van der Waals surface area contributed by atoms with Gasteiger partial charge in [0.1, 0.15) is 17.5 Å². The van der Waals surface area contributed by atoms with Crippen molar-refractivity contribution in [3.8, 4) is 11.3 Å². The van der Waals surface area contributed by atoms with Gasteiger partial charge in [-0.05, 0) is 57.2 Å². The predicted molar refractivity (Wildman–Crippen MR) is 139 cm³/mol. The van der Waals surface area contributed by atoms with Crippen molar-refractivity contribution in [2.24, 2.45) is 5.92 Å². The summed E-state index contributed by atoms with van der Waals surface area (Å²) >= 11 is 6.22. The molecule has 0 radical (unpaired) electrons. The Morgan fingerprint density at radius 2 is 1.89 bits per heavy atom. The molecule has 8 heteroatoms. The Morgan fingerprint density at radius 1 is 1.17 bits per heavy atom. The minimum Gasteiger partial charge on any atom is -0.466 e. The molecule has 1 heterocycles. The summed E-state index contributed by atoms with van der Waals surface area (Å²) < 4.78 is 16.2. The average molecular weight is 509 g/mol. The Bertz CT molecular complexity index is 1270. The molecule has 0 spiro atoms. The highest BCUT2D eigenvalue weighted by molar-refractivity contribution is 6.31. The largest absolute Gasteiger partial charge is 0.466 e. The standard InChI is InChI=1S/C28H29ClN2O5/c1-4-34-27(32)22-15-11-20(12-16-22)19-9-13-21(14-10-19)26-25(17(2)31-36-26)30-28(33)35-18(3)23-7-5-6-8-24(23)29/h5-11,13-14,18,22H,4,12,15-16H2,1-3H3,(H,30,33). The van der Waals surface area contributed by atoms with Crippen molar-refractivity contribution in [1.29, 1.82) is 0 Å². The number of nitrogens with zero attached hydrogens (tertiary/aromatic N) is 1. The number of allylic oxidation sites excluding steroid dienone is 2. The third-order valence-electron chi connectivity index (χ3n) is 6.27. The topological polar surface area (TPSA) is 90.7 Å². The highest BCUT2D eigenvalue weighted by atomic mass is 35.5. The fourth-order valence-electron chi connectivity index (χ4n) is 4.28. The van der Waals surface area contributed by atoms with E-state index in [9.17, 15) is 9.59 Å². The highest BCUT2D eigenvalue weighted by Crippen LogP contribution is 2.35. The van der Waals surface area contributed by atoms with Crippen LogP contribution in [0.2, 0.25) is 5.02 Å². The SMILES string of the molecule is CCOC(=O)C1CC=C(c2ccc(-c3onc(C)c3NC(=O)OC(C)c3ccccc3Cl)cc2)CC1. The molecule has 0 saturated carbocycles. The highest BCUT2D eigenvalue weighted by Gasteiger charge is 2.24. The van der Waals surface area contributed by atoms with Crippen LogP contribution in [0, 0.1) is 12.8 Å². The van der Waals surface area contributed by atoms with Gasteiger partial charge in [0.05, 0.1) is 12.5 Å². The van der Waals surface area contributed by atoms with Crippen molar-refractivity contribution in [3.63, 3.8) is 0 Å². The number of esters is 1. The lowest BCUT2D eigenvalue weighted by molar-refractivity contribution is -0.148. The van der Waals surface area contributed by atoms with Gasteiger partial charge in [-0.3, -0.25) is 10.1 Å². The molecule has 2 atom stereocenters. The van der Waals surface area contributed by atoms with Gasteiger partial charge < -0.3 is 14.0 Å². The number of halogens is 1. The molecule has 1 amide bonds. The molecule has 1 aliphatic carbocycles. The van der Waals surface area contributed by atoms with Crippen LogP contribution in [0.1, 0.15) is 56.0 Å². The van der Waals surface area contributed by atoms with E-state index in [-0.39, 0.29) is 11.9 Å². The number of carbonyl (C=O) groups is 2. The Balaban J connectivity index is 1.44. The van der Waals surface area contributed by atoms with E-state index in [1.54, 1.807) is 19.9 Å². The van der Waals surface area contributed by atoms with Crippen molar-refractivity contribution in [1.82, 2.24) is 5.16 Å². The number of rotatable bonds is 7. The fourth-order valence-corrected chi connectivity index (χ4v) is 4.57. The lowest BCUT2D eigenvalue weighted by atomic mass is 9.86. The van der Waals surface area contributed by atoms with Crippen LogP contribution in [0.15, 0.2) is 59.1 Å². The molecule has 4 rings (SSSR count). The van der Waals surface area contributed by atoms with Crippen molar-refractivity contribution in [3.05, 3.63) is 76.5 Å². The molecular formula is C28H29ClN2O5. The molecule has 0 bridgehead atoms. The first-order valence-electron chi connectivity index (χ1n) is 12.0. The number of amides is 1. The molecule has 2 aromatic carbocycles. The Morgan fingerprint density at radius 3 is 2.56 bits per heavy atom. The van der Waals surface area contributed by atoms with E-state index in [4.69, 9.17) is 25.6 Å².